The first kappa shape index (κ1) is 14.7. The van der Waals surface area contributed by atoms with Gasteiger partial charge in [0.15, 0.2) is 0 Å². The molecule has 0 aliphatic carbocycles. The monoisotopic (exact) mass is 298 g/mol. The Kier molecular flexibility index (Phi) is 6.75. The molecule has 17 heavy (non-hydrogen) atoms. The molecule has 0 saturated heterocycles. The molecule has 1 rings (SSSR count). The lowest BCUT2D eigenvalue weighted by molar-refractivity contribution is 0.214. The zero-order valence-electron chi connectivity index (χ0n) is 11.1. The minimum atomic E-state index is 0.707. The summed E-state index contributed by atoms with van der Waals surface area (Å²) in [4.78, 5) is 6.86. The number of hydrogen-bond donors (Lipinski definition) is 0. The average Bonchev–Trinajstić information content (AvgIpc) is 2.35. The molecule has 0 aliphatic rings. The molecule has 0 amide bonds. The Hall–Kier alpha value is -0.410. The molecule has 0 fully saturated rings. The van der Waals surface area contributed by atoms with Crippen LogP contribution in [0.15, 0.2) is 24.4 Å². The van der Waals surface area contributed by atoms with E-state index in [9.17, 15) is 0 Å². The fourth-order valence-corrected chi connectivity index (χ4v) is 2.75. The quantitative estimate of drug-likeness (QED) is 0.716. The van der Waals surface area contributed by atoms with Gasteiger partial charge >= 0.3 is 0 Å². The van der Waals surface area contributed by atoms with Crippen molar-refractivity contribution in [1.82, 2.24) is 9.88 Å². The fraction of sp³-hybridized carbons (Fsp3) is 0.643. The summed E-state index contributed by atoms with van der Waals surface area (Å²) in [5.41, 5.74) is 1.16. The standard InChI is InChI=1S/C14H23BrN2/c1-4-17(10-13(9-15)12(2)3)11-14-7-5-6-8-16-14/h5-8,12-13H,4,9-11H2,1-3H3. The van der Waals surface area contributed by atoms with Crippen molar-refractivity contribution in [1.29, 1.82) is 0 Å². The van der Waals surface area contributed by atoms with Gasteiger partial charge in [-0.2, -0.15) is 0 Å². The summed E-state index contributed by atoms with van der Waals surface area (Å²) in [6.45, 7) is 9.96. The Morgan fingerprint density at radius 2 is 2.12 bits per heavy atom. The molecule has 1 unspecified atom stereocenters. The summed E-state index contributed by atoms with van der Waals surface area (Å²) in [5, 5.41) is 1.07. The van der Waals surface area contributed by atoms with Crippen molar-refractivity contribution in [3.63, 3.8) is 0 Å². The molecule has 0 bridgehead atoms. The van der Waals surface area contributed by atoms with Crippen LogP contribution in [0.1, 0.15) is 26.5 Å². The van der Waals surface area contributed by atoms with Crippen molar-refractivity contribution >= 4 is 15.9 Å². The van der Waals surface area contributed by atoms with Gasteiger partial charge in [-0.1, -0.05) is 42.8 Å². The zero-order chi connectivity index (χ0) is 12.7. The van der Waals surface area contributed by atoms with Crippen molar-refractivity contribution in [3.05, 3.63) is 30.1 Å². The number of hydrogen-bond acceptors (Lipinski definition) is 2. The Labute approximate surface area is 114 Å². The Balaban J connectivity index is 2.54. The molecular weight excluding hydrogens is 276 g/mol. The molecule has 3 heteroatoms. The Morgan fingerprint density at radius 1 is 1.35 bits per heavy atom. The van der Waals surface area contributed by atoms with E-state index in [-0.39, 0.29) is 0 Å². The van der Waals surface area contributed by atoms with Gasteiger partial charge in [0.2, 0.25) is 0 Å². The molecule has 1 atom stereocenters. The summed E-state index contributed by atoms with van der Waals surface area (Å²) < 4.78 is 0. The molecule has 0 N–H and O–H groups in total. The van der Waals surface area contributed by atoms with Crippen LogP contribution in [-0.2, 0) is 6.54 Å². The maximum Gasteiger partial charge on any atom is 0.0543 e. The van der Waals surface area contributed by atoms with E-state index in [2.05, 4.69) is 58.7 Å². The van der Waals surface area contributed by atoms with Gasteiger partial charge in [-0.25, -0.2) is 0 Å². The van der Waals surface area contributed by atoms with Gasteiger partial charge in [0, 0.05) is 24.6 Å². The van der Waals surface area contributed by atoms with E-state index in [0.717, 1.165) is 30.7 Å². The van der Waals surface area contributed by atoms with E-state index >= 15 is 0 Å². The molecular formula is C14H23BrN2. The summed E-state index contributed by atoms with van der Waals surface area (Å²) in [7, 11) is 0. The number of alkyl halides is 1. The Bertz CT molecular complexity index is 300. The predicted molar refractivity (Wildman–Crippen MR) is 77.3 cm³/mol. The number of halogens is 1. The maximum atomic E-state index is 4.39. The van der Waals surface area contributed by atoms with E-state index in [4.69, 9.17) is 0 Å². The van der Waals surface area contributed by atoms with E-state index in [1.807, 2.05) is 12.3 Å². The molecule has 0 spiro atoms. The van der Waals surface area contributed by atoms with Crippen LogP contribution in [0.3, 0.4) is 0 Å². The highest BCUT2D eigenvalue weighted by molar-refractivity contribution is 9.09. The first-order chi connectivity index (χ1) is 8.17. The van der Waals surface area contributed by atoms with Gasteiger partial charge in [0.1, 0.15) is 0 Å². The van der Waals surface area contributed by atoms with E-state index in [1.165, 1.54) is 0 Å². The Morgan fingerprint density at radius 3 is 2.59 bits per heavy atom. The highest BCUT2D eigenvalue weighted by Crippen LogP contribution is 2.16. The van der Waals surface area contributed by atoms with Gasteiger partial charge in [0.25, 0.3) is 0 Å². The lowest BCUT2D eigenvalue weighted by Crippen LogP contribution is -2.32. The third kappa shape index (κ3) is 5.17. The summed E-state index contributed by atoms with van der Waals surface area (Å²) in [5.74, 6) is 1.42. The van der Waals surface area contributed by atoms with Crippen LogP contribution in [0.4, 0.5) is 0 Å². The van der Waals surface area contributed by atoms with Crippen LogP contribution in [0.25, 0.3) is 0 Å². The fourth-order valence-electron chi connectivity index (χ4n) is 1.80. The van der Waals surface area contributed by atoms with Gasteiger partial charge in [-0.15, -0.1) is 0 Å². The van der Waals surface area contributed by atoms with Gasteiger partial charge in [-0.05, 0) is 30.5 Å². The average molecular weight is 299 g/mol. The predicted octanol–water partition coefficient (Wildman–Crippen LogP) is 3.57. The van der Waals surface area contributed by atoms with Crippen LogP contribution >= 0.6 is 15.9 Å². The highest BCUT2D eigenvalue weighted by atomic mass is 79.9. The summed E-state index contributed by atoms with van der Waals surface area (Å²) in [6.07, 6.45) is 1.87. The number of pyridine rings is 1. The van der Waals surface area contributed by atoms with Crippen LogP contribution in [0.5, 0.6) is 0 Å². The minimum Gasteiger partial charge on any atom is -0.297 e. The smallest absolute Gasteiger partial charge is 0.0543 e. The lowest BCUT2D eigenvalue weighted by atomic mass is 9.97. The maximum absolute atomic E-state index is 4.39. The number of nitrogens with zero attached hydrogens (tertiary/aromatic N) is 2. The third-order valence-electron chi connectivity index (χ3n) is 3.19. The van der Waals surface area contributed by atoms with Crippen molar-refractivity contribution in [2.24, 2.45) is 11.8 Å². The summed E-state index contributed by atoms with van der Waals surface area (Å²) in [6, 6.07) is 6.12. The molecule has 1 aromatic heterocycles. The molecule has 1 aromatic rings. The first-order valence-corrected chi connectivity index (χ1v) is 7.47. The van der Waals surface area contributed by atoms with Crippen molar-refractivity contribution in [3.8, 4) is 0 Å². The normalized spacial score (nSPS) is 13.3. The minimum absolute atomic E-state index is 0.707. The number of aromatic nitrogens is 1. The second-order valence-electron chi connectivity index (χ2n) is 4.81. The third-order valence-corrected chi connectivity index (χ3v) is 4.02. The van der Waals surface area contributed by atoms with E-state index < -0.39 is 0 Å². The molecule has 0 saturated carbocycles. The van der Waals surface area contributed by atoms with Crippen molar-refractivity contribution < 1.29 is 0 Å². The second kappa shape index (κ2) is 7.83. The topological polar surface area (TPSA) is 16.1 Å². The zero-order valence-corrected chi connectivity index (χ0v) is 12.7. The molecule has 0 aliphatic heterocycles. The SMILES string of the molecule is CCN(Cc1ccccn1)CC(CBr)C(C)C. The largest absolute Gasteiger partial charge is 0.297 e. The lowest BCUT2D eigenvalue weighted by Gasteiger charge is -2.27. The molecule has 0 radical (unpaired) electrons. The van der Waals surface area contributed by atoms with Crippen LogP contribution in [-0.4, -0.2) is 28.3 Å². The van der Waals surface area contributed by atoms with Crippen molar-refractivity contribution in [2.45, 2.75) is 27.3 Å². The second-order valence-corrected chi connectivity index (χ2v) is 5.45. The first-order valence-electron chi connectivity index (χ1n) is 6.35. The van der Waals surface area contributed by atoms with E-state index in [0.29, 0.717) is 11.8 Å². The van der Waals surface area contributed by atoms with Crippen molar-refractivity contribution in [2.75, 3.05) is 18.4 Å². The molecule has 1 heterocycles. The number of rotatable bonds is 7. The van der Waals surface area contributed by atoms with Gasteiger partial charge in [0.05, 0.1) is 5.69 Å². The molecule has 0 aromatic carbocycles. The van der Waals surface area contributed by atoms with E-state index in [1.54, 1.807) is 0 Å². The molecule has 96 valence electrons. The summed E-state index contributed by atoms with van der Waals surface area (Å²) >= 11 is 3.62. The highest BCUT2D eigenvalue weighted by Gasteiger charge is 2.16. The van der Waals surface area contributed by atoms with Gasteiger partial charge < -0.3 is 0 Å². The van der Waals surface area contributed by atoms with Gasteiger partial charge in [-0.3, -0.25) is 9.88 Å². The van der Waals surface area contributed by atoms with Crippen LogP contribution in [0.2, 0.25) is 0 Å². The van der Waals surface area contributed by atoms with Crippen LogP contribution in [0, 0.1) is 11.8 Å². The molecule has 2 nitrogen and oxygen atoms in total. The van der Waals surface area contributed by atoms with Crippen LogP contribution < -0.4 is 0 Å².